The van der Waals surface area contributed by atoms with Gasteiger partial charge in [0.15, 0.2) is 0 Å². The number of thiophene rings is 1. The van der Waals surface area contributed by atoms with Crippen molar-refractivity contribution in [3.8, 4) is 44.5 Å². The van der Waals surface area contributed by atoms with Crippen molar-refractivity contribution in [1.29, 1.82) is 0 Å². The van der Waals surface area contributed by atoms with Crippen LogP contribution in [-0.2, 0) is 5.41 Å². The molecule has 1 aliphatic rings. The number of anilines is 3. The normalized spacial score (nSPS) is 12.9. The van der Waals surface area contributed by atoms with E-state index in [4.69, 9.17) is 0 Å². The lowest BCUT2D eigenvalue weighted by molar-refractivity contribution is 0.660. The average Bonchev–Trinajstić information content (AvgIpc) is 3.76. The highest BCUT2D eigenvalue weighted by molar-refractivity contribution is 7.26. The fourth-order valence-corrected chi connectivity index (χ4v) is 10.3. The highest BCUT2D eigenvalue weighted by Crippen LogP contribution is 2.51. The van der Waals surface area contributed by atoms with E-state index in [0.29, 0.717) is 0 Å². The first-order valence-corrected chi connectivity index (χ1v) is 20.6. The molecule has 0 N–H and O–H groups in total. The monoisotopic (exact) mass is 745 g/mol. The zero-order valence-corrected chi connectivity index (χ0v) is 32.7. The Kier molecular flexibility index (Phi) is 7.77. The third kappa shape index (κ3) is 5.59. The van der Waals surface area contributed by atoms with Gasteiger partial charge in [-0.2, -0.15) is 0 Å². The Morgan fingerprint density at radius 3 is 1.75 bits per heavy atom. The minimum atomic E-state index is -0.0954. The molecule has 1 nitrogen and oxygen atoms in total. The summed E-state index contributed by atoms with van der Waals surface area (Å²) in [5.41, 5.74) is 16.1. The summed E-state index contributed by atoms with van der Waals surface area (Å²) in [7, 11) is 0. The molecule has 0 bridgehead atoms. The van der Waals surface area contributed by atoms with Crippen LogP contribution in [0.2, 0.25) is 0 Å². The maximum atomic E-state index is 2.42. The molecule has 0 amide bonds. The summed E-state index contributed by atoms with van der Waals surface area (Å²) in [5, 5.41) is 5.14. The molecule has 1 aromatic heterocycles. The van der Waals surface area contributed by atoms with Crippen molar-refractivity contribution in [3.05, 3.63) is 211 Å². The minimum absolute atomic E-state index is 0.0954. The molecule has 0 saturated carbocycles. The van der Waals surface area contributed by atoms with Crippen molar-refractivity contribution in [2.24, 2.45) is 0 Å². The summed E-state index contributed by atoms with van der Waals surface area (Å²) in [4.78, 5) is 2.41. The van der Waals surface area contributed by atoms with Gasteiger partial charge in [-0.1, -0.05) is 153 Å². The topological polar surface area (TPSA) is 3.24 Å². The Bertz CT molecular complexity index is 3130. The molecule has 10 aromatic rings. The first-order valence-electron chi connectivity index (χ1n) is 19.7. The first kappa shape index (κ1) is 33.6. The van der Waals surface area contributed by atoms with E-state index in [0.717, 1.165) is 17.1 Å². The van der Waals surface area contributed by atoms with Gasteiger partial charge >= 0.3 is 0 Å². The third-order valence-corrected chi connectivity index (χ3v) is 13.3. The van der Waals surface area contributed by atoms with Crippen LogP contribution in [0.15, 0.2) is 200 Å². The van der Waals surface area contributed by atoms with Crippen molar-refractivity contribution in [2.75, 3.05) is 4.90 Å². The maximum Gasteiger partial charge on any atom is 0.0465 e. The van der Waals surface area contributed by atoms with Gasteiger partial charge in [0.05, 0.1) is 0 Å². The predicted molar refractivity (Wildman–Crippen MR) is 245 cm³/mol. The Labute approximate surface area is 337 Å². The number of nitrogens with zero attached hydrogens (tertiary/aromatic N) is 1. The van der Waals surface area contributed by atoms with Crippen LogP contribution < -0.4 is 4.90 Å². The van der Waals surface area contributed by atoms with Crippen LogP contribution in [0, 0.1) is 0 Å². The number of benzene rings is 9. The van der Waals surface area contributed by atoms with Crippen LogP contribution >= 0.6 is 11.3 Å². The van der Waals surface area contributed by atoms with E-state index >= 15 is 0 Å². The predicted octanol–water partition coefficient (Wildman–Crippen LogP) is 16.0. The Morgan fingerprint density at radius 1 is 0.368 bits per heavy atom. The van der Waals surface area contributed by atoms with Crippen LogP contribution in [0.1, 0.15) is 25.0 Å². The summed E-state index contributed by atoms with van der Waals surface area (Å²) < 4.78 is 2.65. The van der Waals surface area contributed by atoms with Crippen LogP contribution in [0.4, 0.5) is 17.1 Å². The van der Waals surface area contributed by atoms with Crippen LogP contribution in [0.5, 0.6) is 0 Å². The largest absolute Gasteiger partial charge is 0.310 e. The zero-order valence-electron chi connectivity index (χ0n) is 31.9. The first-order chi connectivity index (χ1) is 28.0. The smallest absolute Gasteiger partial charge is 0.0465 e. The molecule has 0 radical (unpaired) electrons. The van der Waals surface area contributed by atoms with E-state index in [1.807, 2.05) is 11.3 Å². The van der Waals surface area contributed by atoms with Gasteiger partial charge in [0.1, 0.15) is 0 Å². The summed E-state index contributed by atoms with van der Waals surface area (Å²) >= 11 is 1.89. The number of fused-ring (bicyclic) bond motifs is 7. The minimum Gasteiger partial charge on any atom is -0.310 e. The van der Waals surface area contributed by atoms with Crippen molar-refractivity contribution in [1.82, 2.24) is 0 Å². The van der Waals surface area contributed by atoms with Crippen molar-refractivity contribution in [2.45, 2.75) is 19.3 Å². The molecule has 2 heteroatoms. The Balaban J connectivity index is 1.04. The average molecular weight is 746 g/mol. The van der Waals surface area contributed by atoms with E-state index in [-0.39, 0.29) is 5.41 Å². The molecule has 0 aliphatic heterocycles. The zero-order chi connectivity index (χ0) is 38.1. The van der Waals surface area contributed by atoms with Gasteiger partial charge in [0, 0.05) is 48.2 Å². The quantitative estimate of drug-likeness (QED) is 0.164. The molecule has 0 saturated heterocycles. The van der Waals surface area contributed by atoms with Crippen LogP contribution in [0.3, 0.4) is 0 Å². The highest BCUT2D eigenvalue weighted by Gasteiger charge is 2.35. The van der Waals surface area contributed by atoms with Crippen LogP contribution in [-0.4, -0.2) is 0 Å². The van der Waals surface area contributed by atoms with Gasteiger partial charge in [0.2, 0.25) is 0 Å². The maximum absolute atomic E-state index is 2.42. The standard InChI is InChI=1S/C55H39NS/c1-55(2)51-18-10-8-16-46(51)47-31-30-45(35-52(47)55)56(43-26-22-38(23-27-43)36-12-4-3-5-13-36)44-28-24-39(25-29-44)42-33-49(41-21-20-37-14-6-7-15-40(37)32-41)54-50(34-42)48-17-9-11-19-53(48)57-54/h3-35H,1-2H3. The second-order valence-electron chi connectivity index (χ2n) is 15.8. The fourth-order valence-electron chi connectivity index (χ4n) is 9.08. The second-order valence-corrected chi connectivity index (χ2v) is 16.8. The number of hydrogen-bond donors (Lipinski definition) is 0. The van der Waals surface area contributed by atoms with E-state index in [1.54, 1.807) is 0 Å². The lowest BCUT2D eigenvalue weighted by Gasteiger charge is -2.28. The molecule has 11 rings (SSSR count). The lowest BCUT2D eigenvalue weighted by Crippen LogP contribution is -2.16. The molecule has 9 aromatic carbocycles. The Morgan fingerprint density at radius 2 is 0.965 bits per heavy atom. The molecular formula is C55H39NS. The number of rotatable bonds is 6. The molecule has 0 spiro atoms. The molecule has 0 fully saturated rings. The Hall–Kier alpha value is -6.74. The fraction of sp³-hybridized carbons (Fsp3) is 0.0545. The lowest BCUT2D eigenvalue weighted by atomic mass is 9.82. The summed E-state index contributed by atoms with van der Waals surface area (Å²) in [6, 6.07) is 73.9. The van der Waals surface area contributed by atoms with Gasteiger partial charge in [-0.15, -0.1) is 11.3 Å². The molecule has 57 heavy (non-hydrogen) atoms. The van der Waals surface area contributed by atoms with Crippen molar-refractivity contribution >= 4 is 59.3 Å². The van der Waals surface area contributed by atoms with Crippen molar-refractivity contribution in [3.63, 3.8) is 0 Å². The van der Waals surface area contributed by atoms with Crippen molar-refractivity contribution < 1.29 is 0 Å². The molecular weight excluding hydrogens is 707 g/mol. The summed E-state index contributed by atoms with van der Waals surface area (Å²) in [5.74, 6) is 0. The van der Waals surface area contributed by atoms with E-state index in [9.17, 15) is 0 Å². The summed E-state index contributed by atoms with van der Waals surface area (Å²) in [6.07, 6.45) is 0. The van der Waals surface area contributed by atoms with E-state index in [2.05, 4.69) is 219 Å². The molecule has 270 valence electrons. The van der Waals surface area contributed by atoms with Crippen LogP contribution in [0.25, 0.3) is 75.5 Å². The SMILES string of the molecule is CC1(C)c2ccccc2-c2ccc(N(c3ccc(-c4ccccc4)cc3)c3ccc(-c4cc(-c5ccc6ccccc6c5)c5sc6ccccc6c5c4)cc3)cc21. The van der Waals surface area contributed by atoms with E-state index < -0.39 is 0 Å². The summed E-state index contributed by atoms with van der Waals surface area (Å²) in [6.45, 7) is 4.71. The third-order valence-electron chi connectivity index (χ3n) is 12.1. The van der Waals surface area contributed by atoms with Gasteiger partial charge in [0.25, 0.3) is 0 Å². The molecule has 0 unspecified atom stereocenters. The van der Waals surface area contributed by atoms with E-state index in [1.165, 1.54) is 86.6 Å². The van der Waals surface area contributed by atoms with Gasteiger partial charge in [-0.3, -0.25) is 0 Å². The van der Waals surface area contributed by atoms with Gasteiger partial charge in [-0.05, 0) is 122 Å². The molecule has 0 atom stereocenters. The second kappa shape index (κ2) is 13.2. The van der Waals surface area contributed by atoms with Gasteiger partial charge < -0.3 is 4.90 Å². The molecule has 1 aliphatic carbocycles. The highest BCUT2D eigenvalue weighted by atomic mass is 32.1. The number of hydrogen-bond acceptors (Lipinski definition) is 2. The van der Waals surface area contributed by atoms with Gasteiger partial charge in [-0.25, -0.2) is 0 Å². The molecule has 1 heterocycles.